The number of ether oxygens (including phenoxy) is 1. The molecule has 0 saturated heterocycles. The molecule has 0 saturated carbocycles. The summed E-state index contributed by atoms with van der Waals surface area (Å²) in [5.74, 6) is 1.43. The average Bonchev–Trinajstić information content (AvgIpc) is 2.89. The summed E-state index contributed by atoms with van der Waals surface area (Å²) >= 11 is 3.52. The molecule has 2 aromatic rings. The van der Waals surface area contributed by atoms with Gasteiger partial charge in [0.2, 0.25) is 0 Å². The van der Waals surface area contributed by atoms with E-state index < -0.39 is 12.0 Å². The number of rotatable bonds is 4. The normalized spacial score (nSPS) is 17.8. The summed E-state index contributed by atoms with van der Waals surface area (Å²) in [6.07, 6.45) is 0. The molecule has 1 aromatic carbocycles. The highest BCUT2D eigenvalue weighted by Gasteiger charge is 2.33. The van der Waals surface area contributed by atoms with Crippen LogP contribution in [-0.4, -0.2) is 43.9 Å². The smallest absolute Gasteiger partial charge is 0.322 e. The number of aromatic nitrogens is 3. The largest absolute Gasteiger partial charge is 0.497 e. The van der Waals surface area contributed by atoms with E-state index in [0.717, 1.165) is 27.4 Å². The Labute approximate surface area is 142 Å². The molecule has 1 aliphatic rings. The van der Waals surface area contributed by atoms with Gasteiger partial charge in [-0.05, 0) is 30.7 Å². The molecule has 2 heterocycles. The number of hydrogen-bond donors (Lipinski definition) is 1. The molecule has 1 aliphatic heterocycles. The van der Waals surface area contributed by atoms with Crippen molar-refractivity contribution in [3.8, 4) is 5.75 Å². The Morgan fingerprint density at radius 2 is 2.26 bits per heavy atom. The van der Waals surface area contributed by atoms with Crippen LogP contribution < -0.4 is 4.74 Å². The molecular weight excluding hydrogens is 364 g/mol. The van der Waals surface area contributed by atoms with Crippen LogP contribution in [0.4, 0.5) is 0 Å². The lowest BCUT2D eigenvalue weighted by Gasteiger charge is -2.33. The number of carboxylic acid groups (broad SMARTS) is 1. The maximum Gasteiger partial charge on any atom is 0.322 e. The van der Waals surface area contributed by atoms with Crippen LogP contribution in [0.1, 0.15) is 17.2 Å². The minimum Gasteiger partial charge on any atom is -0.497 e. The molecule has 0 bridgehead atoms. The van der Waals surface area contributed by atoms with E-state index in [9.17, 15) is 9.90 Å². The van der Waals surface area contributed by atoms with E-state index >= 15 is 0 Å². The first-order valence-electron chi connectivity index (χ1n) is 7.17. The highest BCUT2D eigenvalue weighted by molar-refractivity contribution is 9.10. The summed E-state index contributed by atoms with van der Waals surface area (Å²) in [5, 5.41) is 17.8. The van der Waals surface area contributed by atoms with E-state index in [1.165, 1.54) is 0 Å². The number of methoxy groups -OCH3 is 1. The van der Waals surface area contributed by atoms with Gasteiger partial charge in [0.15, 0.2) is 0 Å². The quantitative estimate of drug-likeness (QED) is 0.871. The SMILES string of the molecule is COc1ccc(Br)c(CN2Cc3nnc(C)n3CC2C(=O)O)c1. The van der Waals surface area contributed by atoms with Crippen molar-refractivity contribution in [2.24, 2.45) is 0 Å². The molecule has 1 aromatic heterocycles. The van der Waals surface area contributed by atoms with Crippen molar-refractivity contribution in [3.63, 3.8) is 0 Å². The molecule has 8 heteroatoms. The van der Waals surface area contributed by atoms with Crippen molar-refractivity contribution >= 4 is 21.9 Å². The van der Waals surface area contributed by atoms with Crippen LogP contribution in [0, 0.1) is 6.92 Å². The van der Waals surface area contributed by atoms with Gasteiger partial charge in [-0.25, -0.2) is 0 Å². The molecule has 1 atom stereocenters. The molecule has 0 radical (unpaired) electrons. The van der Waals surface area contributed by atoms with Crippen LogP contribution in [0.2, 0.25) is 0 Å². The summed E-state index contributed by atoms with van der Waals surface area (Å²) in [7, 11) is 1.61. The van der Waals surface area contributed by atoms with Crippen molar-refractivity contribution in [2.75, 3.05) is 7.11 Å². The Morgan fingerprint density at radius 1 is 1.48 bits per heavy atom. The average molecular weight is 381 g/mol. The van der Waals surface area contributed by atoms with Crippen LogP contribution in [-0.2, 0) is 24.4 Å². The summed E-state index contributed by atoms with van der Waals surface area (Å²) < 4.78 is 8.04. The molecule has 0 spiro atoms. The first kappa shape index (κ1) is 15.9. The van der Waals surface area contributed by atoms with Gasteiger partial charge in [0, 0.05) is 11.0 Å². The summed E-state index contributed by atoms with van der Waals surface area (Å²) in [6, 6.07) is 5.06. The third-order valence-electron chi connectivity index (χ3n) is 4.06. The number of carboxylic acids is 1. The first-order valence-corrected chi connectivity index (χ1v) is 7.97. The maximum atomic E-state index is 11.7. The number of fused-ring (bicyclic) bond motifs is 1. The van der Waals surface area contributed by atoms with Crippen molar-refractivity contribution in [3.05, 3.63) is 39.9 Å². The van der Waals surface area contributed by atoms with E-state index in [2.05, 4.69) is 26.1 Å². The fourth-order valence-corrected chi connectivity index (χ4v) is 3.15. The van der Waals surface area contributed by atoms with E-state index in [-0.39, 0.29) is 0 Å². The second-order valence-electron chi connectivity index (χ2n) is 5.49. The molecular formula is C15H17BrN4O3. The van der Waals surface area contributed by atoms with Crippen molar-refractivity contribution in [1.29, 1.82) is 0 Å². The monoisotopic (exact) mass is 380 g/mol. The van der Waals surface area contributed by atoms with Crippen LogP contribution in [0.3, 0.4) is 0 Å². The number of carbonyl (C=O) groups is 1. The van der Waals surface area contributed by atoms with Gasteiger partial charge in [-0.2, -0.15) is 0 Å². The Morgan fingerprint density at radius 3 is 2.96 bits per heavy atom. The number of hydrogen-bond acceptors (Lipinski definition) is 5. The fraction of sp³-hybridized carbons (Fsp3) is 0.400. The number of halogens is 1. The molecule has 3 rings (SSSR count). The molecule has 0 fully saturated rings. The lowest BCUT2D eigenvalue weighted by molar-refractivity contribution is -0.145. The van der Waals surface area contributed by atoms with Gasteiger partial charge in [0.05, 0.1) is 20.2 Å². The van der Waals surface area contributed by atoms with Gasteiger partial charge in [-0.1, -0.05) is 15.9 Å². The van der Waals surface area contributed by atoms with Crippen LogP contribution in [0.5, 0.6) is 5.75 Å². The summed E-state index contributed by atoms with van der Waals surface area (Å²) in [4.78, 5) is 13.6. The van der Waals surface area contributed by atoms with Crippen LogP contribution in [0.25, 0.3) is 0 Å². The lowest BCUT2D eigenvalue weighted by Crippen LogP contribution is -2.47. The number of aryl methyl sites for hydroxylation is 1. The lowest BCUT2D eigenvalue weighted by atomic mass is 10.1. The highest BCUT2D eigenvalue weighted by Crippen LogP contribution is 2.27. The van der Waals surface area contributed by atoms with Gasteiger partial charge < -0.3 is 14.4 Å². The zero-order chi connectivity index (χ0) is 16.6. The summed E-state index contributed by atoms with van der Waals surface area (Å²) in [5.41, 5.74) is 0.972. The Bertz CT molecular complexity index is 746. The second-order valence-corrected chi connectivity index (χ2v) is 6.34. The predicted molar refractivity (Wildman–Crippen MR) is 86.1 cm³/mol. The van der Waals surface area contributed by atoms with Crippen molar-refractivity contribution in [1.82, 2.24) is 19.7 Å². The van der Waals surface area contributed by atoms with Crippen molar-refractivity contribution < 1.29 is 14.6 Å². The van der Waals surface area contributed by atoms with Gasteiger partial charge in [0.25, 0.3) is 0 Å². The molecule has 0 amide bonds. The standard InChI is InChI=1S/C15H17BrN4O3/c1-9-17-18-14-8-19(13(15(21)22)7-20(9)14)6-10-5-11(23-2)3-4-12(10)16/h3-5,13H,6-8H2,1-2H3,(H,21,22). The first-order chi connectivity index (χ1) is 11.0. The van der Waals surface area contributed by atoms with E-state index in [0.29, 0.717) is 19.6 Å². The third-order valence-corrected chi connectivity index (χ3v) is 4.84. The van der Waals surface area contributed by atoms with Gasteiger partial charge in [-0.15, -0.1) is 10.2 Å². The third kappa shape index (κ3) is 3.09. The topological polar surface area (TPSA) is 80.5 Å². The van der Waals surface area contributed by atoms with Gasteiger partial charge in [-0.3, -0.25) is 9.69 Å². The van der Waals surface area contributed by atoms with Crippen LogP contribution >= 0.6 is 15.9 Å². The highest BCUT2D eigenvalue weighted by atomic mass is 79.9. The van der Waals surface area contributed by atoms with E-state index in [4.69, 9.17) is 4.74 Å². The Kier molecular flexibility index (Phi) is 4.36. The molecule has 1 N–H and O–H groups in total. The molecule has 7 nitrogen and oxygen atoms in total. The second kappa shape index (κ2) is 6.29. The number of nitrogens with zero attached hydrogens (tertiary/aromatic N) is 4. The van der Waals surface area contributed by atoms with Crippen LogP contribution in [0.15, 0.2) is 22.7 Å². The predicted octanol–water partition coefficient (Wildman–Crippen LogP) is 1.83. The number of aliphatic carboxylic acids is 1. The fourth-order valence-electron chi connectivity index (χ4n) is 2.78. The van der Waals surface area contributed by atoms with E-state index in [1.54, 1.807) is 7.11 Å². The Hall–Kier alpha value is -1.93. The zero-order valence-electron chi connectivity index (χ0n) is 12.9. The van der Waals surface area contributed by atoms with Crippen molar-refractivity contribution in [2.45, 2.75) is 32.6 Å². The minimum atomic E-state index is -0.845. The molecule has 1 unspecified atom stereocenters. The van der Waals surface area contributed by atoms with Gasteiger partial charge in [0.1, 0.15) is 23.4 Å². The van der Waals surface area contributed by atoms with E-state index in [1.807, 2.05) is 34.6 Å². The number of benzene rings is 1. The molecule has 0 aliphatic carbocycles. The molecule has 122 valence electrons. The maximum absolute atomic E-state index is 11.7. The van der Waals surface area contributed by atoms with Gasteiger partial charge >= 0.3 is 5.97 Å². The summed E-state index contributed by atoms with van der Waals surface area (Å²) in [6.45, 7) is 3.12. The zero-order valence-corrected chi connectivity index (χ0v) is 14.4. The molecule has 23 heavy (non-hydrogen) atoms. The minimum absolute atomic E-state index is 0.352. The Balaban J connectivity index is 1.90.